The molecule has 2 N–H and O–H groups in total. The van der Waals surface area contributed by atoms with Gasteiger partial charge in [-0.05, 0) is 61.7 Å². The zero-order chi connectivity index (χ0) is 28.6. The molecule has 1 saturated heterocycles. The Labute approximate surface area is 240 Å². The summed E-state index contributed by atoms with van der Waals surface area (Å²) in [6.07, 6.45) is 4.87. The molecule has 4 aromatic rings. The number of ether oxygens (including phenoxy) is 1. The highest BCUT2D eigenvalue weighted by atomic mass is 16.5. The first kappa shape index (κ1) is 28.1. The van der Waals surface area contributed by atoms with Crippen molar-refractivity contribution in [3.8, 4) is 11.5 Å². The van der Waals surface area contributed by atoms with Crippen molar-refractivity contribution in [2.45, 2.75) is 46.1 Å². The number of hydrogen-bond acceptors (Lipinski definition) is 10. The van der Waals surface area contributed by atoms with Crippen LogP contribution in [0.15, 0.2) is 60.9 Å². The van der Waals surface area contributed by atoms with Crippen LogP contribution in [-0.4, -0.2) is 63.2 Å². The number of nitrogens with one attached hydrogen (secondary N) is 2. The van der Waals surface area contributed by atoms with E-state index in [0.717, 1.165) is 55.1 Å². The van der Waals surface area contributed by atoms with Gasteiger partial charge in [-0.25, -0.2) is 24.9 Å². The summed E-state index contributed by atoms with van der Waals surface area (Å²) in [6.45, 7) is 9.50. The molecule has 0 saturated carbocycles. The van der Waals surface area contributed by atoms with Crippen LogP contribution in [-0.2, 0) is 22.4 Å². The molecule has 1 atom stereocenters. The van der Waals surface area contributed by atoms with Gasteiger partial charge in [-0.2, -0.15) is 0 Å². The summed E-state index contributed by atoms with van der Waals surface area (Å²) in [5, 5.41) is 6.66. The molecule has 1 aliphatic heterocycles. The lowest BCUT2D eigenvalue weighted by Gasteiger charge is -2.31. The zero-order valence-corrected chi connectivity index (χ0v) is 23.8. The van der Waals surface area contributed by atoms with Gasteiger partial charge in [0.2, 0.25) is 0 Å². The van der Waals surface area contributed by atoms with Crippen LogP contribution in [0, 0.1) is 6.92 Å². The fourth-order valence-electron chi connectivity index (χ4n) is 4.70. The number of esters is 1. The van der Waals surface area contributed by atoms with Gasteiger partial charge < -0.3 is 20.3 Å². The average molecular weight is 553 g/mol. The maximum atomic E-state index is 12.7. The first-order valence-corrected chi connectivity index (χ1v) is 14.1. The molecule has 1 aliphatic rings. The Morgan fingerprint density at radius 3 is 2.59 bits per heavy atom. The molecule has 10 heteroatoms. The van der Waals surface area contributed by atoms with Crippen LogP contribution < -0.4 is 15.5 Å². The summed E-state index contributed by atoms with van der Waals surface area (Å²) in [7, 11) is 0. The normalized spacial score (nSPS) is 14.0. The van der Waals surface area contributed by atoms with E-state index in [-0.39, 0.29) is 18.5 Å². The van der Waals surface area contributed by atoms with Crippen LogP contribution in [0.2, 0.25) is 0 Å². The van der Waals surface area contributed by atoms with Crippen molar-refractivity contribution in [2.24, 2.45) is 0 Å². The van der Waals surface area contributed by atoms with Gasteiger partial charge >= 0.3 is 5.97 Å². The van der Waals surface area contributed by atoms with Crippen LogP contribution >= 0.6 is 0 Å². The second-order valence-electron chi connectivity index (χ2n) is 10.2. The van der Waals surface area contributed by atoms with Crippen molar-refractivity contribution in [2.75, 3.05) is 36.4 Å². The molecule has 10 nitrogen and oxygen atoms in total. The van der Waals surface area contributed by atoms with E-state index in [1.54, 1.807) is 24.5 Å². The molecular weight excluding hydrogens is 516 g/mol. The number of aromatic nitrogens is 5. The summed E-state index contributed by atoms with van der Waals surface area (Å²) < 4.78 is 5.60. The maximum Gasteiger partial charge on any atom is 0.310 e. The summed E-state index contributed by atoms with van der Waals surface area (Å²) in [5.74, 6) is 2.24. The van der Waals surface area contributed by atoms with E-state index in [4.69, 9.17) is 9.72 Å². The minimum atomic E-state index is -0.208. The smallest absolute Gasteiger partial charge is 0.310 e. The predicted molar refractivity (Wildman–Crippen MR) is 159 cm³/mol. The number of rotatable bonds is 10. The molecule has 41 heavy (non-hydrogen) atoms. The van der Waals surface area contributed by atoms with E-state index in [0.29, 0.717) is 35.4 Å². The Bertz CT molecular complexity index is 1490. The highest BCUT2D eigenvalue weighted by molar-refractivity contribution is 5.76. The van der Waals surface area contributed by atoms with Gasteiger partial charge in [-0.1, -0.05) is 25.1 Å². The lowest BCUT2D eigenvalue weighted by atomic mass is 10.0. The van der Waals surface area contributed by atoms with Crippen LogP contribution in [0.25, 0.3) is 11.5 Å². The average Bonchev–Trinajstić information content (AvgIpc) is 2.98. The third kappa shape index (κ3) is 7.61. The minimum Gasteiger partial charge on any atom is -0.462 e. The van der Waals surface area contributed by atoms with E-state index < -0.39 is 0 Å². The molecule has 0 spiro atoms. The maximum absolute atomic E-state index is 12.7. The highest BCUT2D eigenvalue weighted by Gasteiger charge is 2.18. The number of hydrogen-bond donors (Lipinski definition) is 2. The molecule has 4 heterocycles. The van der Waals surface area contributed by atoms with Gasteiger partial charge in [-0.3, -0.25) is 4.79 Å². The molecule has 1 aromatic carbocycles. The second-order valence-corrected chi connectivity index (χ2v) is 10.2. The lowest BCUT2D eigenvalue weighted by molar-refractivity contribution is -0.147. The van der Waals surface area contributed by atoms with Gasteiger partial charge in [0.05, 0.1) is 12.5 Å². The Morgan fingerprint density at radius 2 is 1.80 bits per heavy atom. The molecule has 212 valence electrons. The topological polar surface area (TPSA) is 118 Å². The fraction of sp³-hybridized carbons (Fsp3) is 0.355. The van der Waals surface area contributed by atoms with Crippen molar-refractivity contribution >= 4 is 23.3 Å². The first-order chi connectivity index (χ1) is 20.0. The molecule has 1 fully saturated rings. The molecule has 0 aliphatic carbocycles. The third-order valence-corrected chi connectivity index (χ3v) is 6.94. The molecule has 0 bridgehead atoms. The summed E-state index contributed by atoms with van der Waals surface area (Å²) in [6, 6.07) is 15.7. The van der Waals surface area contributed by atoms with Gasteiger partial charge in [0.25, 0.3) is 0 Å². The molecule has 0 unspecified atom stereocenters. The summed E-state index contributed by atoms with van der Waals surface area (Å²) in [5.41, 5.74) is 4.69. The van der Waals surface area contributed by atoms with Crippen molar-refractivity contribution < 1.29 is 9.53 Å². The number of benzene rings is 1. The summed E-state index contributed by atoms with van der Waals surface area (Å²) >= 11 is 0. The van der Waals surface area contributed by atoms with Crippen LogP contribution in [0.4, 0.5) is 17.3 Å². The lowest BCUT2D eigenvalue weighted by Crippen LogP contribution is -2.44. The van der Waals surface area contributed by atoms with Gasteiger partial charge in [0.1, 0.15) is 23.2 Å². The summed E-state index contributed by atoms with van der Waals surface area (Å²) in [4.78, 5) is 37.8. The number of nitrogens with zero attached hydrogens (tertiary/aromatic N) is 6. The Balaban J connectivity index is 1.33. The van der Waals surface area contributed by atoms with Crippen molar-refractivity contribution in [1.29, 1.82) is 0 Å². The number of aryl methyl sites for hydroxylation is 1. The standard InChI is InChI=1S/C31H36N8O2/c1-4-22(3)41-30(40)20-24-18-23(8-9-26(24)39-16-14-32-15-17-39)19-29-33-12-10-27(37-29)36-28-11-13-34-31(38-28)25-7-5-6-21(2)35-25/h5-13,18,22,32H,4,14-17,19-20H2,1-3H3,(H,33,34,36,37,38)/t22-/m1/s1. The number of piperazine rings is 1. The van der Waals surface area contributed by atoms with Crippen molar-refractivity contribution in [1.82, 2.24) is 30.2 Å². The van der Waals surface area contributed by atoms with Crippen molar-refractivity contribution in [3.05, 3.63) is 83.6 Å². The van der Waals surface area contributed by atoms with Gasteiger partial charge in [-0.15, -0.1) is 0 Å². The zero-order valence-electron chi connectivity index (χ0n) is 23.8. The molecule has 0 amide bonds. The molecule has 5 rings (SSSR count). The van der Waals surface area contributed by atoms with Gasteiger partial charge in [0.15, 0.2) is 5.82 Å². The molecule has 0 radical (unpaired) electrons. The number of carbonyl (C=O) groups is 1. The van der Waals surface area contributed by atoms with Gasteiger partial charge in [0, 0.05) is 56.4 Å². The Kier molecular flexibility index (Phi) is 9.10. The number of anilines is 3. The van der Waals surface area contributed by atoms with E-state index in [2.05, 4.69) is 53.7 Å². The predicted octanol–water partition coefficient (Wildman–Crippen LogP) is 4.27. The van der Waals surface area contributed by atoms with Crippen LogP contribution in [0.3, 0.4) is 0 Å². The minimum absolute atomic E-state index is 0.101. The highest BCUT2D eigenvalue weighted by Crippen LogP contribution is 2.25. The monoisotopic (exact) mass is 552 g/mol. The van der Waals surface area contributed by atoms with E-state index in [9.17, 15) is 4.79 Å². The van der Waals surface area contributed by atoms with Crippen LogP contribution in [0.5, 0.6) is 0 Å². The first-order valence-electron chi connectivity index (χ1n) is 14.1. The SMILES string of the molecule is CC[C@@H](C)OC(=O)Cc1cc(Cc2nccc(Nc3ccnc(-c4cccc(C)n4)n3)n2)ccc1N1CCNCC1. The fourth-order valence-corrected chi connectivity index (χ4v) is 4.70. The van der Waals surface area contributed by atoms with E-state index in [1.165, 1.54) is 0 Å². The molecule has 3 aromatic heterocycles. The Morgan fingerprint density at radius 1 is 1.02 bits per heavy atom. The quantitative estimate of drug-likeness (QED) is 0.276. The third-order valence-electron chi connectivity index (χ3n) is 6.94. The largest absolute Gasteiger partial charge is 0.462 e. The van der Waals surface area contributed by atoms with Crippen molar-refractivity contribution in [3.63, 3.8) is 0 Å². The Hall–Kier alpha value is -4.44. The second kappa shape index (κ2) is 13.3. The number of pyridine rings is 1. The molecular formula is C31H36N8O2. The van der Waals surface area contributed by atoms with E-state index >= 15 is 0 Å². The van der Waals surface area contributed by atoms with E-state index in [1.807, 2.05) is 39.0 Å². The van der Waals surface area contributed by atoms with Crippen LogP contribution in [0.1, 0.15) is 42.9 Å². The number of carbonyl (C=O) groups excluding carboxylic acids is 1.